The van der Waals surface area contributed by atoms with Crippen LogP contribution in [0.15, 0.2) is 41.0 Å². The van der Waals surface area contributed by atoms with Gasteiger partial charge in [0.25, 0.3) is 0 Å². The second kappa shape index (κ2) is 8.00. The van der Waals surface area contributed by atoms with Crippen molar-refractivity contribution in [2.75, 3.05) is 41.8 Å². The summed E-state index contributed by atoms with van der Waals surface area (Å²) in [5.41, 5.74) is 3.31. The molecular formula is C20H22BrN7O. The van der Waals surface area contributed by atoms with Crippen molar-refractivity contribution in [2.24, 2.45) is 0 Å². The van der Waals surface area contributed by atoms with E-state index in [1.807, 2.05) is 18.2 Å². The Morgan fingerprint density at radius 1 is 1.10 bits per heavy atom. The predicted octanol–water partition coefficient (Wildman–Crippen LogP) is 4.16. The number of morpholine rings is 1. The van der Waals surface area contributed by atoms with Gasteiger partial charge in [0.05, 0.1) is 17.7 Å². The highest BCUT2D eigenvalue weighted by atomic mass is 79.9. The fraction of sp³-hybridized carbons (Fsp3) is 0.350. The summed E-state index contributed by atoms with van der Waals surface area (Å²) in [5, 5.41) is 13.9. The third-order valence-corrected chi connectivity index (χ3v) is 5.69. The second-order valence-corrected chi connectivity index (χ2v) is 8.12. The van der Waals surface area contributed by atoms with E-state index in [0.29, 0.717) is 17.7 Å². The summed E-state index contributed by atoms with van der Waals surface area (Å²) in [6.07, 6.45) is 4.20. The summed E-state index contributed by atoms with van der Waals surface area (Å²) in [7, 11) is 0. The highest BCUT2D eigenvalue weighted by Gasteiger charge is 2.25. The summed E-state index contributed by atoms with van der Waals surface area (Å²) in [4.78, 5) is 11.3. The number of halogens is 1. The molecule has 1 saturated carbocycles. The van der Waals surface area contributed by atoms with Gasteiger partial charge in [0.2, 0.25) is 5.95 Å². The lowest BCUT2D eigenvalue weighted by atomic mass is 10.2. The van der Waals surface area contributed by atoms with Crippen LogP contribution in [0, 0.1) is 0 Å². The first-order valence-corrected chi connectivity index (χ1v) is 10.6. The van der Waals surface area contributed by atoms with Crippen LogP contribution in [0.4, 0.5) is 29.0 Å². The molecule has 2 aliphatic rings. The minimum Gasteiger partial charge on any atom is -0.378 e. The SMILES string of the molecule is Brc1cnc(Nc2ccc(N3CCOCC3)cc2)nc1Nc1cc(C2CC2)[nH]n1. The molecule has 3 heterocycles. The zero-order valence-corrected chi connectivity index (χ0v) is 17.4. The lowest BCUT2D eigenvalue weighted by molar-refractivity contribution is 0.122. The van der Waals surface area contributed by atoms with Gasteiger partial charge in [-0.15, -0.1) is 0 Å². The molecule has 2 aromatic heterocycles. The molecule has 1 aliphatic carbocycles. The number of H-pyrrole nitrogens is 1. The molecule has 1 aromatic carbocycles. The Kier molecular flexibility index (Phi) is 5.07. The van der Waals surface area contributed by atoms with Gasteiger partial charge in [0.15, 0.2) is 11.6 Å². The lowest BCUT2D eigenvalue weighted by Gasteiger charge is -2.28. The van der Waals surface area contributed by atoms with Crippen molar-refractivity contribution < 1.29 is 4.74 Å². The maximum absolute atomic E-state index is 5.42. The monoisotopic (exact) mass is 455 g/mol. The number of anilines is 5. The van der Waals surface area contributed by atoms with E-state index in [1.54, 1.807) is 6.20 Å². The number of rotatable bonds is 6. The average molecular weight is 456 g/mol. The molecule has 0 amide bonds. The van der Waals surface area contributed by atoms with E-state index in [9.17, 15) is 0 Å². The van der Waals surface area contributed by atoms with Crippen LogP contribution in [0.5, 0.6) is 0 Å². The Bertz CT molecular complexity index is 981. The third kappa shape index (κ3) is 4.35. The van der Waals surface area contributed by atoms with E-state index in [1.165, 1.54) is 24.2 Å². The second-order valence-electron chi connectivity index (χ2n) is 7.27. The van der Waals surface area contributed by atoms with Gasteiger partial charge in [-0.05, 0) is 53.0 Å². The van der Waals surface area contributed by atoms with Crippen LogP contribution in [-0.2, 0) is 4.74 Å². The first kappa shape index (κ1) is 18.4. The lowest BCUT2D eigenvalue weighted by Crippen LogP contribution is -2.36. The Morgan fingerprint density at radius 3 is 2.66 bits per heavy atom. The topological polar surface area (TPSA) is 91.0 Å². The summed E-state index contributed by atoms with van der Waals surface area (Å²) in [5.74, 6) is 2.57. The summed E-state index contributed by atoms with van der Waals surface area (Å²) >= 11 is 3.51. The van der Waals surface area contributed by atoms with E-state index in [0.717, 1.165) is 42.3 Å². The Hall–Kier alpha value is -2.65. The first-order valence-electron chi connectivity index (χ1n) is 9.79. The number of hydrogen-bond acceptors (Lipinski definition) is 7. The minimum absolute atomic E-state index is 0.521. The molecule has 3 N–H and O–H groups in total. The standard InChI is InChI=1S/C20H22BrN7O/c21-16-12-22-20(25-19(16)24-18-11-17(26-27-18)13-1-2-13)23-14-3-5-15(6-4-14)28-7-9-29-10-8-28/h3-6,11-13H,1-2,7-10H2,(H3,22,23,24,25,26,27). The van der Waals surface area contributed by atoms with Crippen molar-refractivity contribution in [1.82, 2.24) is 20.2 Å². The molecular weight excluding hydrogens is 434 g/mol. The molecule has 8 nitrogen and oxygen atoms in total. The van der Waals surface area contributed by atoms with Crippen LogP contribution in [0.2, 0.25) is 0 Å². The zero-order valence-electron chi connectivity index (χ0n) is 15.9. The fourth-order valence-electron chi connectivity index (χ4n) is 3.35. The average Bonchev–Trinajstić information content (AvgIpc) is 3.51. The summed E-state index contributed by atoms with van der Waals surface area (Å²) in [6, 6.07) is 10.3. The maximum atomic E-state index is 5.42. The number of aromatic amines is 1. The van der Waals surface area contributed by atoms with Crippen LogP contribution >= 0.6 is 15.9 Å². The highest BCUT2D eigenvalue weighted by molar-refractivity contribution is 9.10. The van der Waals surface area contributed by atoms with Gasteiger partial charge in [-0.1, -0.05) is 0 Å². The van der Waals surface area contributed by atoms with E-state index in [4.69, 9.17) is 4.74 Å². The number of aromatic nitrogens is 4. The summed E-state index contributed by atoms with van der Waals surface area (Å²) in [6.45, 7) is 3.40. The molecule has 0 bridgehead atoms. The molecule has 0 radical (unpaired) electrons. The fourth-order valence-corrected chi connectivity index (χ4v) is 3.64. The number of nitrogens with zero attached hydrogens (tertiary/aromatic N) is 4. The molecule has 1 aliphatic heterocycles. The van der Waals surface area contributed by atoms with Crippen LogP contribution in [0.25, 0.3) is 0 Å². The van der Waals surface area contributed by atoms with Crippen LogP contribution in [-0.4, -0.2) is 46.5 Å². The largest absolute Gasteiger partial charge is 0.378 e. The first-order chi connectivity index (χ1) is 14.2. The number of benzene rings is 1. The molecule has 0 unspecified atom stereocenters. The van der Waals surface area contributed by atoms with Gasteiger partial charge in [0, 0.05) is 48.3 Å². The summed E-state index contributed by atoms with van der Waals surface area (Å²) < 4.78 is 6.20. The highest BCUT2D eigenvalue weighted by Crippen LogP contribution is 2.39. The van der Waals surface area contributed by atoms with E-state index >= 15 is 0 Å². The van der Waals surface area contributed by atoms with Crippen molar-refractivity contribution in [3.8, 4) is 0 Å². The molecule has 150 valence electrons. The van der Waals surface area contributed by atoms with E-state index in [2.05, 4.69) is 63.8 Å². The van der Waals surface area contributed by atoms with E-state index < -0.39 is 0 Å². The predicted molar refractivity (Wildman–Crippen MR) is 116 cm³/mol. The van der Waals surface area contributed by atoms with Crippen LogP contribution in [0.1, 0.15) is 24.5 Å². The van der Waals surface area contributed by atoms with Gasteiger partial charge in [-0.3, -0.25) is 5.10 Å². The van der Waals surface area contributed by atoms with Gasteiger partial charge in [-0.2, -0.15) is 10.1 Å². The molecule has 1 saturated heterocycles. The van der Waals surface area contributed by atoms with Crippen molar-refractivity contribution >= 4 is 44.9 Å². The van der Waals surface area contributed by atoms with Gasteiger partial charge < -0.3 is 20.3 Å². The van der Waals surface area contributed by atoms with Gasteiger partial charge in [-0.25, -0.2) is 4.98 Å². The van der Waals surface area contributed by atoms with E-state index in [-0.39, 0.29) is 0 Å². The molecule has 9 heteroatoms. The van der Waals surface area contributed by atoms with Crippen molar-refractivity contribution in [2.45, 2.75) is 18.8 Å². The Labute approximate surface area is 177 Å². The minimum atomic E-state index is 0.521. The van der Waals surface area contributed by atoms with Crippen LogP contribution in [0.3, 0.4) is 0 Å². The number of nitrogens with one attached hydrogen (secondary N) is 3. The Morgan fingerprint density at radius 2 is 1.90 bits per heavy atom. The van der Waals surface area contributed by atoms with Gasteiger partial charge in [0.1, 0.15) is 0 Å². The van der Waals surface area contributed by atoms with Crippen molar-refractivity contribution in [1.29, 1.82) is 0 Å². The molecule has 0 spiro atoms. The Balaban J connectivity index is 1.27. The third-order valence-electron chi connectivity index (χ3n) is 5.11. The number of ether oxygens (including phenoxy) is 1. The quantitative estimate of drug-likeness (QED) is 0.513. The smallest absolute Gasteiger partial charge is 0.229 e. The maximum Gasteiger partial charge on any atom is 0.229 e. The molecule has 29 heavy (non-hydrogen) atoms. The molecule has 2 fully saturated rings. The molecule has 5 rings (SSSR count). The molecule has 3 aromatic rings. The van der Waals surface area contributed by atoms with Crippen molar-refractivity contribution in [3.63, 3.8) is 0 Å². The zero-order chi connectivity index (χ0) is 19.6. The van der Waals surface area contributed by atoms with Crippen LogP contribution < -0.4 is 15.5 Å². The van der Waals surface area contributed by atoms with Gasteiger partial charge >= 0.3 is 0 Å². The normalized spacial score (nSPS) is 16.7. The molecule has 0 atom stereocenters. The van der Waals surface area contributed by atoms with Crippen molar-refractivity contribution in [3.05, 3.63) is 46.7 Å². The number of hydrogen-bond donors (Lipinski definition) is 3.